The molecule has 0 unspecified atom stereocenters. The smallest absolute Gasteiger partial charge is 0.345 e. The van der Waals surface area contributed by atoms with Crippen molar-refractivity contribution in [3.63, 3.8) is 0 Å². The molecule has 2 atom stereocenters. The third-order valence-electron chi connectivity index (χ3n) is 2.78. The first-order valence-corrected chi connectivity index (χ1v) is 7.40. The number of aromatic nitrogens is 4. The first kappa shape index (κ1) is 13.6. The lowest BCUT2D eigenvalue weighted by molar-refractivity contribution is -0.153. The Balaban J connectivity index is 1.85. The van der Waals surface area contributed by atoms with Crippen molar-refractivity contribution < 1.29 is 14.3 Å². The second-order valence-electron chi connectivity index (χ2n) is 4.00. The van der Waals surface area contributed by atoms with Crippen molar-refractivity contribution in [1.82, 2.24) is 19.5 Å². The molecule has 0 amide bonds. The van der Waals surface area contributed by atoms with Gasteiger partial charge in [0, 0.05) is 5.75 Å². The Labute approximate surface area is 123 Å². The van der Waals surface area contributed by atoms with Crippen LogP contribution in [0.25, 0.3) is 11.2 Å². The van der Waals surface area contributed by atoms with Crippen molar-refractivity contribution >= 4 is 40.5 Å². The van der Waals surface area contributed by atoms with Gasteiger partial charge in [0.05, 0.1) is 12.9 Å². The van der Waals surface area contributed by atoms with Gasteiger partial charge in [-0.1, -0.05) is 11.6 Å². The van der Waals surface area contributed by atoms with Gasteiger partial charge >= 0.3 is 5.97 Å². The van der Waals surface area contributed by atoms with Crippen molar-refractivity contribution in [2.45, 2.75) is 18.6 Å². The van der Waals surface area contributed by atoms with E-state index in [1.165, 1.54) is 18.1 Å². The lowest BCUT2D eigenvalue weighted by Gasteiger charge is -2.13. The van der Waals surface area contributed by atoms with Crippen LogP contribution in [0.1, 0.15) is 13.2 Å². The summed E-state index contributed by atoms with van der Waals surface area (Å²) in [6.07, 6.45) is 2.60. The molecule has 2 aromatic heterocycles. The van der Waals surface area contributed by atoms with Gasteiger partial charge in [0.25, 0.3) is 0 Å². The number of thioether (sulfide) groups is 1. The van der Waals surface area contributed by atoms with E-state index in [2.05, 4.69) is 15.0 Å². The van der Waals surface area contributed by atoms with Crippen LogP contribution in [-0.4, -0.2) is 43.3 Å². The number of nitrogens with zero attached hydrogens (tertiary/aromatic N) is 4. The Morgan fingerprint density at radius 2 is 2.45 bits per heavy atom. The Morgan fingerprint density at radius 1 is 1.60 bits per heavy atom. The van der Waals surface area contributed by atoms with Gasteiger partial charge in [0.2, 0.25) is 5.44 Å². The van der Waals surface area contributed by atoms with Crippen LogP contribution < -0.4 is 0 Å². The number of fused-ring (bicyclic) bond motifs is 1. The van der Waals surface area contributed by atoms with Crippen LogP contribution in [0.5, 0.6) is 0 Å². The average molecular weight is 315 g/mol. The summed E-state index contributed by atoms with van der Waals surface area (Å²) in [7, 11) is 0. The van der Waals surface area contributed by atoms with Crippen LogP contribution in [0.2, 0.25) is 5.15 Å². The van der Waals surface area contributed by atoms with E-state index in [-0.39, 0.29) is 12.2 Å². The van der Waals surface area contributed by atoms with Gasteiger partial charge in [-0.15, -0.1) is 11.8 Å². The second-order valence-corrected chi connectivity index (χ2v) is 5.45. The summed E-state index contributed by atoms with van der Waals surface area (Å²) in [4.78, 5) is 23.8. The predicted octanol–water partition coefficient (Wildman–Crippen LogP) is 1.63. The molecule has 9 heteroatoms. The molecule has 0 aromatic carbocycles. The number of ether oxygens (including phenoxy) is 2. The summed E-state index contributed by atoms with van der Waals surface area (Å²) in [6.45, 7) is 2.09. The third kappa shape index (κ3) is 2.34. The molecule has 3 rings (SSSR count). The number of carbonyl (C=O) groups excluding carboxylic acids is 1. The van der Waals surface area contributed by atoms with Gasteiger partial charge in [-0.2, -0.15) is 0 Å². The Kier molecular flexibility index (Phi) is 3.77. The van der Waals surface area contributed by atoms with E-state index in [1.54, 1.807) is 17.8 Å². The van der Waals surface area contributed by atoms with Crippen LogP contribution in [0.4, 0.5) is 0 Å². The van der Waals surface area contributed by atoms with E-state index in [0.29, 0.717) is 28.7 Å². The molecular weight excluding hydrogens is 304 g/mol. The fraction of sp³-hybridized carbons (Fsp3) is 0.455. The molecule has 0 spiro atoms. The van der Waals surface area contributed by atoms with Gasteiger partial charge in [0.1, 0.15) is 18.1 Å². The molecule has 0 saturated carbocycles. The Bertz CT molecular complexity index is 650. The molecule has 1 fully saturated rings. The number of hydrogen-bond donors (Lipinski definition) is 0. The maximum atomic E-state index is 11.6. The van der Waals surface area contributed by atoms with Gasteiger partial charge in [-0.3, -0.25) is 4.57 Å². The van der Waals surface area contributed by atoms with Crippen molar-refractivity contribution in [3.8, 4) is 0 Å². The fourth-order valence-electron chi connectivity index (χ4n) is 1.93. The SMILES string of the molecule is CCOC(=O)[C@H]1O[C@H](n2cnc3ncnc(Cl)c32)CS1. The molecule has 0 bridgehead atoms. The lowest BCUT2D eigenvalue weighted by Crippen LogP contribution is -2.21. The molecule has 20 heavy (non-hydrogen) atoms. The summed E-state index contributed by atoms with van der Waals surface area (Å²) >= 11 is 7.45. The first-order valence-electron chi connectivity index (χ1n) is 5.97. The molecule has 7 nitrogen and oxygen atoms in total. The summed E-state index contributed by atoms with van der Waals surface area (Å²) in [6, 6.07) is 0. The normalized spacial score (nSPS) is 22.3. The summed E-state index contributed by atoms with van der Waals surface area (Å²) in [5.74, 6) is 0.229. The first-order chi connectivity index (χ1) is 9.70. The van der Waals surface area contributed by atoms with Crippen molar-refractivity contribution in [3.05, 3.63) is 17.8 Å². The highest BCUT2D eigenvalue weighted by molar-refractivity contribution is 8.00. The van der Waals surface area contributed by atoms with Crippen LogP contribution in [0.15, 0.2) is 12.7 Å². The van der Waals surface area contributed by atoms with E-state index in [4.69, 9.17) is 21.1 Å². The predicted molar refractivity (Wildman–Crippen MR) is 73.3 cm³/mol. The van der Waals surface area contributed by atoms with E-state index in [0.717, 1.165) is 0 Å². The minimum Gasteiger partial charge on any atom is -0.463 e. The maximum absolute atomic E-state index is 11.6. The molecule has 0 radical (unpaired) electrons. The molecule has 1 aliphatic heterocycles. The zero-order chi connectivity index (χ0) is 14.1. The Hall–Kier alpha value is -1.38. The molecule has 0 N–H and O–H groups in total. The van der Waals surface area contributed by atoms with Gasteiger partial charge < -0.3 is 9.47 Å². The quantitative estimate of drug-likeness (QED) is 0.629. The largest absolute Gasteiger partial charge is 0.463 e. The van der Waals surface area contributed by atoms with E-state index < -0.39 is 5.44 Å². The zero-order valence-electron chi connectivity index (χ0n) is 10.5. The zero-order valence-corrected chi connectivity index (χ0v) is 12.1. The van der Waals surface area contributed by atoms with Gasteiger partial charge in [0.15, 0.2) is 10.8 Å². The summed E-state index contributed by atoms with van der Waals surface area (Å²) < 4.78 is 12.4. The van der Waals surface area contributed by atoms with E-state index in [1.807, 2.05) is 0 Å². The molecule has 3 heterocycles. The number of carbonyl (C=O) groups is 1. The highest BCUT2D eigenvalue weighted by Crippen LogP contribution is 2.34. The Morgan fingerprint density at radius 3 is 3.25 bits per heavy atom. The molecule has 2 aromatic rings. The number of hydrogen-bond acceptors (Lipinski definition) is 7. The number of halogens is 1. The van der Waals surface area contributed by atoms with Crippen molar-refractivity contribution in [2.75, 3.05) is 12.4 Å². The second kappa shape index (κ2) is 5.55. The van der Waals surface area contributed by atoms with Crippen LogP contribution in [0, 0.1) is 0 Å². The summed E-state index contributed by atoms with van der Waals surface area (Å²) in [5, 5.41) is 0.306. The topological polar surface area (TPSA) is 79.1 Å². The third-order valence-corrected chi connectivity index (χ3v) is 4.14. The van der Waals surface area contributed by atoms with Gasteiger partial charge in [-0.25, -0.2) is 19.7 Å². The molecule has 1 saturated heterocycles. The number of esters is 1. The van der Waals surface area contributed by atoms with Crippen LogP contribution in [0.3, 0.4) is 0 Å². The highest BCUT2D eigenvalue weighted by atomic mass is 35.5. The molecule has 0 aliphatic carbocycles. The van der Waals surface area contributed by atoms with Crippen molar-refractivity contribution in [2.24, 2.45) is 0 Å². The maximum Gasteiger partial charge on any atom is 0.345 e. The standard InChI is InChI=1S/C11H11ClN4O3S/c1-2-18-10(17)11-19-6(3-20-11)16-5-15-9-7(16)8(12)13-4-14-9/h4-6,11H,2-3H2,1H3/t6-,11-/m0/s1. The minimum atomic E-state index is -0.624. The average Bonchev–Trinajstić information content (AvgIpc) is 3.05. The van der Waals surface area contributed by atoms with Gasteiger partial charge in [-0.05, 0) is 6.92 Å². The summed E-state index contributed by atoms with van der Waals surface area (Å²) in [5.41, 5.74) is 0.475. The highest BCUT2D eigenvalue weighted by Gasteiger charge is 2.34. The van der Waals surface area contributed by atoms with Crippen LogP contribution >= 0.6 is 23.4 Å². The fourth-order valence-corrected chi connectivity index (χ4v) is 3.14. The molecule has 1 aliphatic rings. The molecular formula is C11H11ClN4O3S. The van der Waals surface area contributed by atoms with Crippen LogP contribution in [-0.2, 0) is 14.3 Å². The van der Waals surface area contributed by atoms with Crippen molar-refractivity contribution in [1.29, 1.82) is 0 Å². The molecule has 106 valence electrons. The van der Waals surface area contributed by atoms with E-state index in [9.17, 15) is 4.79 Å². The minimum absolute atomic E-state index is 0.306. The van der Waals surface area contributed by atoms with E-state index >= 15 is 0 Å². The lowest BCUT2D eigenvalue weighted by atomic mass is 10.5. The number of rotatable bonds is 3. The monoisotopic (exact) mass is 314 g/mol. The number of imidazole rings is 1.